The second-order valence-corrected chi connectivity index (χ2v) is 9.94. The summed E-state index contributed by atoms with van der Waals surface area (Å²) in [6, 6.07) is 8.36. The number of carboxylic acid groups (broad SMARTS) is 1. The first-order valence-electron chi connectivity index (χ1n) is 9.91. The van der Waals surface area contributed by atoms with Crippen molar-refractivity contribution in [3.63, 3.8) is 0 Å². The first-order chi connectivity index (χ1) is 15.3. The minimum Gasteiger partial charge on any atom is -0.493 e. The Bertz CT molecular complexity index is 1360. The van der Waals surface area contributed by atoms with Crippen LogP contribution in [0.5, 0.6) is 5.75 Å². The minimum absolute atomic E-state index is 0.00426. The van der Waals surface area contributed by atoms with Crippen LogP contribution in [0.25, 0.3) is 10.9 Å². The van der Waals surface area contributed by atoms with Crippen molar-refractivity contribution in [1.82, 2.24) is 3.97 Å². The van der Waals surface area contributed by atoms with Crippen molar-refractivity contribution >= 4 is 26.9 Å². The summed E-state index contributed by atoms with van der Waals surface area (Å²) in [6.45, 7) is 2.55. The number of fused-ring (bicyclic) bond motifs is 2. The topological polar surface area (TPSA) is 94.8 Å². The average molecular weight is 483 g/mol. The molecule has 0 saturated heterocycles. The van der Waals surface area contributed by atoms with Crippen LogP contribution < -0.4 is 4.74 Å². The van der Waals surface area contributed by atoms with Crippen LogP contribution in [-0.4, -0.2) is 35.7 Å². The van der Waals surface area contributed by atoms with E-state index in [1.54, 1.807) is 0 Å². The van der Waals surface area contributed by atoms with Gasteiger partial charge in [0.1, 0.15) is 5.75 Å². The first-order valence-corrected chi connectivity index (χ1v) is 11.3. The molecule has 7 nitrogen and oxygen atoms in total. The van der Waals surface area contributed by atoms with Crippen molar-refractivity contribution in [2.45, 2.75) is 43.5 Å². The van der Waals surface area contributed by atoms with Crippen molar-refractivity contribution in [3.05, 3.63) is 59.3 Å². The molecular formula is C22H20F3NO6S. The van der Waals surface area contributed by atoms with Crippen molar-refractivity contribution in [1.29, 1.82) is 0 Å². The third kappa shape index (κ3) is 4.18. The van der Waals surface area contributed by atoms with Gasteiger partial charge in [-0.3, -0.25) is 0 Å². The number of ether oxygens (including phenoxy) is 2. The molecule has 1 aliphatic heterocycles. The Morgan fingerprint density at radius 3 is 2.55 bits per heavy atom. The summed E-state index contributed by atoms with van der Waals surface area (Å²) in [5, 5.41) is 9.33. The molecule has 0 spiro atoms. The molecule has 0 atom stereocenters. The van der Waals surface area contributed by atoms with Gasteiger partial charge in [0.2, 0.25) is 0 Å². The predicted molar refractivity (Wildman–Crippen MR) is 112 cm³/mol. The van der Waals surface area contributed by atoms with E-state index >= 15 is 0 Å². The summed E-state index contributed by atoms with van der Waals surface area (Å²) in [6.07, 6.45) is -4.08. The lowest BCUT2D eigenvalue weighted by Crippen LogP contribution is -2.34. The molecule has 3 aromatic rings. The number of benzene rings is 2. The summed E-state index contributed by atoms with van der Waals surface area (Å²) >= 11 is 0. The highest BCUT2D eigenvalue weighted by molar-refractivity contribution is 7.90. The molecule has 1 N–H and O–H groups in total. The highest BCUT2D eigenvalue weighted by Crippen LogP contribution is 2.35. The van der Waals surface area contributed by atoms with E-state index in [1.165, 1.54) is 38.1 Å². The van der Waals surface area contributed by atoms with Crippen LogP contribution in [0, 0.1) is 0 Å². The van der Waals surface area contributed by atoms with E-state index in [1.807, 2.05) is 0 Å². The lowest BCUT2D eigenvalue weighted by atomic mass is 10.1. The van der Waals surface area contributed by atoms with Gasteiger partial charge in [0.25, 0.3) is 10.0 Å². The highest BCUT2D eigenvalue weighted by Gasteiger charge is 2.33. The van der Waals surface area contributed by atoms with Gasteiger partial charge in [0, 0.05) is 11.8 Å². The number of carbonyl (C=O) groups is 1. The highest BCUT2D eigenvalue weighted by atomic mass is 32.2. The van der Waals surface area contributed by atoms with Crippen LogP contribution in [0.2, 0.25) is 0 Å². The van der Waals surface area contributed by atoms with Crippen molar-refractivity contribution < 1.29 is 41.0 Å². The molecule has 0 bridgehead atoms. The van der Waals surface area contributed by atoms with Gasteiger partial charge in [-0.2, -0.15) is 13.2 Å². The van der Waals surface area contributed by atoms with Crippen LogP contribution in [0.3, 0.4) is 0 Å². The van der Waals surface area contributed by atoms with E-state index in [4.69, 9.17) is 9.47 Å². The van der Waals surface area contributed by atoms with Gasteiger partial charge in [0.15, 0.2) is 5.60 Å². The van der Waals surface area contributed by atoms with Gasteiger partial charge in [-0.25, -0.2) is 17.2 Å². The Hall–Kier alpha value is -3.05. The summed E-state index contributed by atoms with van der Waals surface area (Å²) in [5.74, 6) is -0.695. The van der Waals surface area contributed by atoms with Gasteiger partial charge in [-0.15, -0.1) is 0 Å². The Labute approximate surface area is 187 Å². The summed E-state index contributed by atoms with van der Waals surface area (Å²) in [7, 11) is -4.26. The Balaban J connectivity index is 1.87. The van der Waals surface area contributed by atoms with E-state index in [0.717, 1.165) is 22.2 Å². The third-order valence-corrected chi connectivity index (χ3v) is 7.21. The lowest BCUT2D eigenvalue weighted by Gasteiger charge is -2.21. The van der Waals surface area contributed by atoms with Crippen LogP contribution in [0.1, 0.15) is 30.7 Å². The maximum atomic E-state index is 13.6. The van der Waals surface area contributed by atoms with E-state index in [2.05, 4.69) is 0 Å². The normalized spacial score (nSPS) is 14.3. The van der Waals surface area contributed by atoms with Crippen LogP contribution in [0.4, 0.5) is 13.2 Å². The zero-order valence-electron chi connectivity index (χ0n) is 17.6. The van der Waals surface area contributed by atoms with Crippen LogP contribution >= 0.6 is 0 Å². The smallest absolute Gasteiger partial charge is 0.416 e. The molecule has 0 amide bonds. The number of rotatable bonds is 6. The third-order valence-electron chi connectivity index (χ3n) is 5.45. The fourth-order valence-electron chi connectivity index (χ4n) is 3.55. The molecule has 0 radical (unpaired) electrons. The number of carboxylic acids is 1. The molecule has 2 heterocycles. The Morgan fingerprint density at radius 1 is 1.15 bits per heavy atom. The van der Waals surface area contributed by atoms with Crippen LogP contribution in [-0.2, 0) is 38.8 Å². The molecule has 33 heavy (non-hydrogen) atoms. The van der Waals surface area contributed by atoms with Gasteiger partial charge in [0.05, 0.1) is 34.9 Å². The molecule has 2 aromatic carbocycles. The molecule has 1 aliphatic rings. The molecule has 176 valence electrons. The number of nitrogens with zero attached hydrogens (tertiary/aromatic N) is 1. The average Bonchev–Trinajstić information content (AvgIpc) is 3.34. The zero-order chi connectivity index (χ0) is 24.2. The van der Waals surface area contributed by atoms with Crippen LogP contribution in [0.15, 0.2) is 47.4 Å². The minimum atomic E-state index is -4.61. The number of hydrogen-bond donors (Lipinski definition) is 1. The first kappa shape index (κ1) is 23.1. The number of aliphatic carboxylic acids is 1. The fourth-order valence-corrected chi connectivity index (χ4v) is 5.13. The molecule has 11 heteroatoms. The van der Waals surface area contributed by atoms with Gasteiger partial charge >= 0.3 is 12.1 Å². The zero-order valence-corrected chi connectivity index (χ0v) is 18.5. The second kappa shape index (κ2) is 7.77. The van der Waals surface area contributed by atoms with E-state index in [0.29, 0.717) is 24.3 Å². The number of hydrogen-bond acceptors (Lipinski definition) is 5. The fraction of sp³-hybridized carbons (Fsp3) is 0.318. The SMILES string of the molecule is CC(C)(OCc1cc2cc(C(F)(F)F)ccc2n1S(=O)(=O)c1ccc2c(c1)CCO2)C(=O)O. The van der Waals surface area contributed by atoms with Crippen molar-refractivity contribution in [2.24, 2.45) is 0 Å². The monoisotopic (exact) mass is 483 g/mol. The molecule has 0 saturated carbocycles. The number of alkyl halides is 3. The maximum absolute atomic E-state index is 13.6. The van der Waals surface area contributed by atoms with Gasteiger partial charge in [-0.05, 0) is 61.9 Å². The van der Waals surface area contributed by atoms with E-state index < -0.39 is 39.9 Å². The quantitative estimate of drug-likeness (QED) is 0.565. The lowest BCUT2D eigenvalue weighted by molar-refractivity contribution is -0.162. The summed E-state index contributed by atoms with van der Waals surface area (Å²) in [5.41, 5.74) is -1.86. The molecular weight excluding hydrogens is 463 g/mol. The summed E-state index contributed by atoms with van der Waals surface area (Å²) in [4.78, 5) is 11.3. The Kier molecular flexibility index (Phi) is 5.44. The summed E-state index contributed by atoms with van der Waals surface area (Å²) < 4.78 is 78.6. The number of aromatic nitrogens is 1. The molecule has 0 unspecified atom stereocenters. The van der Waals surface area contributed by atoms with Gasteiger partial charge in [-0.1, -0.05) is 0 Å². The standard InChI is InChI=1S/C22H20F3NO6S/c1-21(2,20(27)28)32-12-16-10-14-9-15(22(23,24)25)3-5-18(14)26(16)33(29,30)17-4-6-19-13(11-17)7-8-31-19/h3-6,9-11H,7-8,12H2,1-2H3,(H,27,28). The van der Waals surface area contributed by atoms with Crippen molar-refractivity contribution in [2.75, 3.05) is 6.61 Å². The molecule has 0 fully saturated rings. The van der Waals surface area contributed by atoms with E-state index in [9.17, 15) is 31.5 Å². The number of halogens is 3. The Morgan fingerprint density at radius 2 is 1.88 bits per heavy atom. The molecule has 1 aromatic heterocycles. The van der Waals surface area contributed by atoms with E-state index in [-0.39, 0.29) is 21.5 Å². The predicted octanol–water partition coefficient (Wildman–Crippen LogP) is 4.21. The molecule has 0 aliphatic carbocycles. The van der Waals surface area contributed by atoms with Crippen molar-refractivity contribution in [3.8, 4) is 5.75 Å². The molecule has 4 rings (SSSR count). The van der Waals surface area contributed by atoms with Gasteiger partial charge < -0.3 is 14.6 Å². The maximum Gasteiger partial charge on any atom is 0.416 e. The second-order valence-electron chi connectivity index (χ2n) is 8.15. The largest absolute Gasteiger partial charge is 0.493 e.